The van der Waals surface area contributed by atoms with Gasteiger partial charge in [-0.3, -0.25) is 9.59 Å². The second kappa shape index (κ2) is 9.41. The highest BCUT2D eigenvalue weighted by atomic mass is 16.5. The monoisotopic (exact) mass is 407 g/mol. The number of aliphatic hydroxyl groups is 1. The Bertz CT molecular complexity index is 960. The standard InChI is InChI=1S/C24H25NO5/c1-4-14-30-19-11-9-18(10-12-19)22(26)20-21(17-7-5-16(2)6-8-17)25(13-15-29-3)24(28)23(20)27/h4-12,21,26H,1,13-15H2,2-3H3. The van der Waals surface area contributed by atoms with E-state index in [1.807, 2.05) is 31.2 Å². The molecule has 1 atom stereocenters. The Labute approximate surface area is 176 Å². The summed E-state index contributed by atoms with van der Waals surface area (Å²) < 4.78 is 10.6. The first-order valence-corrected chi connectivity index (χ1v) is 9.66. The van der Waals surface area contributed by atoms with Gasteiger partial charge in [0.1, 0.15) is 18.1 Å². The van der Waals surface area contributed by atoms with Crippen molar-refractivity contribution < 1.29 is 24.2 Å². The van der Waals surface area contributed by atoms with Crippen LogP contribution in [0.5, 0.6) is 5.75 Å². The van der Waals surface area contributed by atoms with Crippen LogP contribution in [0.2, 0.25) is 0 Å². The number of ether oxygens (including phenoxy) is 2. The third-order valence-electron chi connectivity index (χ3n) is 4.96. The highest BCUT2D eigenvalue weighted by Crippen LogP contribution is 2.39. The molecule has 30 heavy (non-hydrogen) atoms. The SMILES string of the molecule is C=CCOc1ccc(C(O)=C2C(=O)C(=O)N(CCOC)C2c2ccc(C)cc2)cc1. The molecule has 1 aliphatic heterocycles. The number of Topliss-reactive ketones (excluding diaryl/α,β-unsaturated/α-hetero) is 1. The molecule has 1 aliphatic rings. The lowest BCUT2D eigenvalue weighted by molar-refractivity contribution is -0.140. The molecule has 1 unspecified atom stereocenters. The van der Waals surface area contributed by atoms with Gasteiger partial charge >= 0.3 is 0 Å². The highest BCUT2D eigenvalue weighted by molar-refractivity contribution is 6.46. The number of ketones is 1. The third kappa shape index (κ3) is 4.28. The zero-order chi connectivity index (χ0) is 21.7. The lowest BCUT2D eigenvalue weighted by atomic mass is 9.94. The molecule has 6 nitrogen and oxygen atoms in total. The van der Waals surface area contributed by atoms with E-state index in [2.05, 4.69) is 6.58 Å². The minimum Gasteiger partial charge on any atom is -0.507 e. The van der Waals surface area contributed by atoms with Crippen LogP contribution in [0.1, 0.15) is 22.7 Å². The average Bonchev–Trinajstić information content (AvgIpc) is 3.01. The molecule has 0 radical (unpaired) electrons. The highest BCUT2D eigenvalue weighted by Gasteiger charge is 2.45. The van der Waals surface area contributed by atoms with Gasteiger partial charge in [-0.2, -0.15) is 0 Å². The number of hydrogen-bond donors (Lipinski definition) is 1. The number of amides is 1. The number of aryl methyl sites for hydroxylation is 1. The van der Waals surface area contributed by atoms with E-state index in [9.17, 15) is 14.7 Å². The Kier molecular flexibility index (Phi) is 6.69. The number of carbonyl (C=O) groups is 2. The minimum absolute atomic E-state index is 0.0692. The van der Waals surface area contributed by atoms with Gasteiger partial charge in [0.05, 0.1) is 18.2 Å². The van der Waals surface area contributed by atoms with Crippen LogP contribution >= 0.6 is 0 Å². The second-order valence-corrected chi connectivity index (χ2v) is 7.02. The van der Waals surface area contributed by atoms with Crippen molar-refractivity contribution in [2.45, 2.75) is 13.0 Å². The van der Waals surface area contributed by atoms with Gasteiger partial charge in [0.2, 0.25) is 0 Å². The molecule has 1 fully saturated rings. The summed E-state index contributed by atoms with van der Waals surface area (Å²) in [6.07, 6.45) is 1.64. The van der Waals surface area contributed by atoms with Crippen LogP contribution in [0.15, 0.2) is 66.8 Å². The van der Waals surface area contributed by atoms with E-state index in [0.29, 0.717) is 17.9 Å². The maximum absolute atomic E-state index is 12.9. The van der Waals surface area contributed by atoms with E-state index in [-0.39, 0.29) is 24.5 Å². The number of carbonyl (C=O) groups excluding carboxylic acids is 2. The Morgan fingerprint density at radius 3 is 2.40 bits per heavy atom. The summed E-state index contributed by atoms with van der Waals surface area (Å²) in [5, 5.41) is 11.0. The molecule has 1 amide bonds. The molecule has 3 rings (SSSR count). The summed E-state index contributed by atoms with van der Waals surface area (Å²) in [6.45, 7) is 6.45. The zero-order valence-corrected chi connectivity index (χ0v) is 17.1. The van der Waals surface area contributed by atoms with Gasteiger partial charge in [-0.15, -0.1) is 0 Å². The second-order valence-electron chi connectivity index (χ2n) is 7.02. The van der Waals surface area contributed by atoms with E-state index in [1.165, 1.54) is 12.0 Å². The van der Waals surface area contributed by atoms with Gasteiger partial charge in [0.25, 0.3) is 11.7 Å². The molecule has 1 N–H and O–H groups in total. The van der Waals surface area contributed by atoms with Gasteiger partial charge in [-0.1, -0.05) is 42.5 Å². The molecule has 0 aliphatic carbocycles. The number of aliphatic hydroxyl groups excluding tert-OH is 1. The summed E-state index contributed by atoms with van der Waals surface area (Å²) in [7, 11) is 1.54. The predicted octanol–water partition coefficient (Wildman–Crippen LogP) is 3.63. The third-order valence-corrected chi connectivity index (χ3v) is 4.96. The van der Waals surface area contributed by atoms with Crippen molar-refractivity contribution in [1.82, 2.24) is 4.90 Å². The molecular formula is C24H25NO5. The van der Waals surface area contributed by atoms with E-state index in [4.69, 9.17) is 9.47 Å². The van der Waals surface area contributed by atoms with Crippen LogP contribution in [0.4, 0.5) is 0 Å². The van der Waals surface area contributed by atoms with Crippen molar-refractivity contribution in [2.24, 2.45) is 0 Å². The minimum atomic E-state index is -0.707. The number of rotatable bonds is 8. The first-order valence-electron chi connectivity index (χ1n) is 9.66. The van der Waals surface area contributed by atoms with Gasteiger partial charge in [0, 0.05) is 19.2 Å². The molecular weight excluding hydrogens is 382 g/mol. The summed E-state index contributed by atoms with van der Waals surface area (Å²) in [5.74, 6) is -0.956. The van der Waals surface area contributed by atoms with Crippen LogP contribution in [0, 0.1) is 6.92 Å². The van der Waals surface area contributed by atoms with Crippen LogP contribution < -0.4 is 4.74 Å². The largest absolute Gasteiger partial charge is 0.507 e. The smallest absolute Gasteiger partial charge is 0.295 e. The molecule has 156 valence electrons. The summed E-state index contributed by atoms with van der Waals surface area (Å²) in [6, 6.07) is 13.6. The molecule has 1 saturated heterocycles. The molecule has 6 heteroatoms. The normalized spacial score (nSPS) is 17.9. The first kappa shape index (κ1) is 21.3. The van der Waals surface area contributed by atoms with Crippen molar-refractivity contribution in [3.05, 3.63) is 83.4 Å². The molecule has 2 aromatic rings. The molecule has 0 aromatic heterocycles. The molecule has 1 heterocycles. The molecule has 0 spiro atoms. The number of likely N-dealkylation sites (tertiary alicyclic amines) is 1. The number of methoxy groups -OCH3 is 1. The average molecular weight is 407 g/mol. The first-order chi connectivity index (χ1) is 14.5. The summed E-state index contributed by atoms with van der Waals surface area (Å²) >= 11 is 0. The van der Waals surface area contributed by atoms with Crippen LogP contribution in [0.3, 0.4) is 0 Å². The quantitative estimate of drug-likeness (QED) is 0.313. The van der Waals surface area contributed by atoms with E-state index in [0.717, 1.165) is 11.1 Å². The van der Waals surface area contributed by atoms with Crippen LogP contribution in [0.25, 0.3) is 5.76 Å². The maximum Gasteiger partial charge on any atom is 0.295 e. The number of hydrogen-bond acceptors (Lipinski definition) is 5. The molecule has 2 aromatic carbocycles. The zero-order valence-electron chi connectivity index (χ0n) is 17.1. The van der Waals surface area contributed by atoms with Crippen LogP contribution in [-0.2, 0) is 14.3 Å². The Morgan fingerprint density at radius 1 is 1.13 bits per heavy atom. The van der Waals surface area contributed by atoms with Crippen molar-refractivity contribution in [1.29, 1.82) is 0 Å². The lowest BCUT2D eigenvalue weighted by Crippen LogP contribution is -2.32. The van der Waals surface area contributed by atoms with Crippen LogP contribution in [-0.4, -0.2) is 48.6 Å². The van der Waals surface area contributed by atoms with Crippen molar-refractivity contribution in [2.75, 3.05) is 26.9 Å². The van der Waals surface area contributed by atoms with Crippen molar-refractivity contribution in [3.63, 3.8) is 0 Å². The maximum atomic E-state index is 12.9. The number of nitrogens with zero attached hydrogens (tertiary/aromatic N) is 1. The Morgan fingerprint density at radius 2 is 1.80 bits per heavy atom. The molecule has 0 saturated carbocycles. The molecule has 0 bridgehead atoms. The van der Waals surface area contributed by atoms with E-state index < -0.39 is 17.7 Å². The van der Waals surface area contributed by atoms with Gasteiger partial charge in [-0.25, -0.2) is 0 Å². The summed E-state index contributed by atoms with van der Waals surface area (Å²) in [5.41, 5.74) is 2.31. The topological polar surface area (TPSA) is 76.1 Å². The fourth-order valence-corrected chi connectivity index (χ4v) is 3.42. The van der Waals surface area contributed by atoms with Crippen molar-refractivity contribution in [3.8, 4) is 5.75 Å². The van der Waals surface area contributed by atoms with E-state index in [1.54, 1.807) is 30.3 Å². The Balaban J connectivity index is 2.05. The van der Waals surface area contributed by atoms with Gasteiger partial charge in [-0.05, 0) is 36.8 Å². The van der Waals surface area contributed by atoms with Crippen molar-refractivity contribution >= 4 is 17.4 Å². The number of benzene rings is 2. The fourth-order valence-electron chi connectivity index (χ4n) is 3.42. The van der Waals surface area contributed by atoms with Gasteiger partial charge in [0.15, 0.2) is 0 Å². The summed E-state index contributed by atoms with van der Waals surface area (Å²) in [4.78, 5) is 27.0. The van der Waals surface area contributed by atoms with Gasteiger partial charge < -0.3 is 19.5 Å². The fraction of sp³-hybridized carbons (Fsp3) is 0.250. The predicted molar refractivity (Wildman–Crippen MR) is 114 cm³/mol. The lowest BCUT2D eigenvalue weighted by Gasteiger charge is -2.25. The Hall–Kier alpha value is -3.38. The van der Waals surface area contributed by atoms with E-state index >= 15 is 0 Å².